The van der Waals surface area contributed by atoms with E-state index in [-0.39, 0.29) is 4.90 Å². The fraction of sp³-hybridized carbons (Fsp3) is 0.222. The highest BCUT2D eigenvalue weighted by Crippen LogP contribution is 2.12. The lowest BCUT2D eigenvalue weighted by Gasteiger charge is -2.12. The quantitative estimate of drug-likeness (QED) is 0.511. The molecule has 0 fully saturated rings. The molecule has 0 bridgehead atoms. The molecule has 0 unspecified atom stereocenters. The van der Waals surface area contributed by atoms with Crippen LogP contribution in [0.3, 0.4) is 0 Å². The SMILES string of the molecule is N[C@H](CC(=O)O)NS(=O)(=O)c1ccc(I)cc1. The number of carboxylic acids is 1. The van der Waals surface area contributed by atoms with Gasteiger partial charge in [0.1, 0.15) is 0 Å². The van der Waals surface area contributed by atoms with Crippen LogP contribution in [0.2, 0.25) is 0 Å². The normalized spacial score (nSPS) is 13.3. The Kier molecular flexibility index (Phi) is 4.86. The summed E-state index contributed by atoms with van der Waals surface area (Å²) in [6.07, 6.45) is -1.61. The number of rotatable bonds is 5. The van der Waals surface area contributed by atoms with Gasteiger partial charge in [-0.15, -0.1) is 0 Å². The molecule has 4 N–H and O–H groups in total. The van der Waals surface area contributed by atoms with Crippen molar-refractivity contribution in [3.8, 4) is 0 Å². The molecule has 0 spiro atoms. The topological polar surface area (TPSA) is 109 Å². The van der Waals surface area contributed by atoms with E-state index >= 15 is 0 Å². The van der Waals surface area contributed by atoms with Gasteiger partial charge >= 0.3 is 5.97 Å². The highest BCUT2D eigenvalue weighted by atomic mass is 127. The van der Waals surface area contributed by atoms with Crippen molar-refractivity contribution in [2.75, 3.05) is 0 Å². The summed E-state index contributed by atoms with van der Waals surface area (Å²) < 4.78 is 26.5. The third-order valence-electron chi connectivity index (χ3n) is 1.82. The largest absolute Gasteiger partial charge is 0.481 e. The Balaban J connectivity index is 2.82. The predicted octanol–water partition coefficient (Wildman–Crippen LogP) is 0.329. The Morgan fingerprint density at radius 1 is 1.41 bits per heavy atom. The summed E-state index contributed by atoms with van der Waals surface area (Å²) >= 11 is 2.05. The summed E-state index contributed by atoms with van der Waals surface area (Å²) in [5.74, 6) is -1.16. The maximum Gasteiger partial charge on any atom is 0.306 e. The van der Waals surface area contributed by atoms with E-state index in [1.165, 1.54) is 12.1 Å². The van der Waals surface area contributed by atoms with E-state index in [0.717, 1.165) is 3.57 Å². The molecule has 0 saturated heterocycles. The molecule has 8 heteroatoms. The van der Waals surface area contributed by atoms with Crippen molar-refractivity contribution in [3.63, 3.8) is 0 Å². The Hall–Kier alpha value is -0.710. The number of benzene rings is 1. The first kappa shape index (κ1) is 14.4. The lowest BCUT2D eigenvalue weighted by atomic mass is 10.4. The van der Waals surface area contributed by atoms with Crippen molar-refractivity contribution < 1.29 is 18.3 Å². The number of hydrogen-bond acceptors (Lipinski definition) is 4. The zero-order valence-electron chi connectivity index (χ0n) is 8.63. The molecule has 0 amide bonds. The van der Waals surface area contributed by atoms with Gasteiger partial charge in [-0.1, -0.05) is 0 Å². The molecule has 0 aliphatic carbocycles. The second-order valence-electron chi connectivity index (χ2n) is 3.28. The summed E-state index contributed by atoms with van der Waals surface area (Å²) in [6, 6.07) is 6.13. The number of nitrogens with two attached hydrogens (primary N) is 1. The number of sulfonamides is 1. The summed E-state index contributed by atoms with van der Waals surface area (Å²) in [4.78, 5) is 10.4. The van der Waals surface area contributed by atoms with Gasteiger partial charge < -0.3 is 10.8 Å². The number of nitrogens with one attached hydrogen (secondary N) is 1. The number of carboxylic acid groups (broad SMARTS) is 1. The lowest BCUT2D eigenvalue weighted by molar-refractivity contribution is -0.137. The second kappa shape index (κ2) is 5.76. The summed E-state index contributed by atoms with van der Waals surface area (Å²) in [5, 5.41) is 8.47. The molecule has 0 radical (unpaired) electrons. The minimum atomic E-state index is -3.76. The van der Waals surface area contributed by atoms with Gasteiger partial charge in [0.15, 0.2) is 0 Å². The van der Waals surface area contributed by atoms with Crippen LogP contribution in [0.4, 0.5) is 0 Å². The average molecular weight is 370 g/mol. The van der Waals surface area contributed by atoms with Gasteiger partial charge in [-0.05, 0) is 46.9 Å². The molecule has 1 rings (SSSR count). The van der Waals surface area contributed by atoms with E-state index in [1.54, 1.807) is 12.1 Å². The number of halogens is 1. The molecule has 0 saturated carbocycles. The van der Waals surface area contributed by atoms with E-state index in [2.05, 4.69) is 4.72 Å². The Labute approximate surface area is 112 Å². The van der Waals surface area contributed by atoms with Crippen LogP contribution in [0.15, 0.2) is 29.2 Å². The van der Waals surface area contributed by atoms with Crippen molar-refractivity contribution in [3.05, 3.63) is 27.8 Å². The molecule has 0 aliphatic rings. The third kappa shape index (κ3) is 4.58. The van der Waals surface area contributed by atoms with E-state index in [4.69, 9.17) is 10.8 Å². The summed E-state index contributed by atoms with van der Waals surface area (Å²) in [7, 11) is -3.76. The zero-order chi connectivity index (χ0) is 13.1. The monoisotopic (exact) mass is 370 g/mol. The van der Waals surface area contributed by atoms with Crippen molar-refractivity contribution in [2.45, 2.75) is 17.5 Å². The second-order valence-corrected chi connectivity index (χ2v) is 6.24. The van der Waals surface area contributed by atoms with Crippen molar-refractivity contribution in [2.24, 2.45) is 5.73 Å². The molecule has 17 heavy (non-hydrogen) atoms. The van der Waals surface area contributed by atoms with Crippen LogP contribution in [0.1, 0.15) is 6.42 Å². The standard InChI is InChI=1S/C9H11IN2O4S/c10-6-1-3-7(4-2-6)17(15,16)12-8(11)5-9(13)14/h1-4,8,12H,5,11H2,(H,13,14)/t8-/m0/s1. The van der Waals surface area contributed by atoms with Crippen LogP contribution in [-0.2, 0) is 14.8 Å². The smallest absolute Gasteiger partial charge is 0.306 e. The third-order valence-corrected chi connectivity index (χ3v) is 4.05. The van der Waals surface area contributed by atoms with Gasteiger partial charge in [0.25, 0.3) is 0 Å². The van der Waals surface area contributed by atoms with Crippen molar-refractivity contribution >= 4 is 38.6 Å². The van der Waals surface area contributed by atoms with Crippen LogP contribution in [-0.4, -0.2) is 25.7 Å². The molecule has 0 aromatic heterocycles. The fourth-order valence-corrected chi connectivity index (χ4v) is 2.58. The minimum Gasteiger partial charge on any atom is -0.481 e. The molecule has 0 aliphatic heterocycles. The maximum atomic E-state index is 11.7. The molecule has 1 aromatic rings. The van der Waals surface area contributed by atoms with Crippen molar-refractivity contribution in [1.29, 1.82) is 0 Å². The van der Waals surface area contributed by atoms with Gasteiger partial charge in [0.05, 0.1) is 17.5 Å². The van der Waals surface area contributed by atoms with Gasteiger partial charge in [-0.3, -0.25) is 4.79 Å². The predicted molar refractivity (Wildman–Crippen MR) is 69.7 cm³/mol. The number of aliphatic carboxylic acids is 1. The maximum absolute atomic E-state index is 11.7. The zero-order valence-corrected chi connectivity index (χ0v) is 11.6. The van der Waals surface area contributed by atoms with Gasteiger partial charge in [-0.2, -0.15) is 4.72 Å². The first-order chi connectivity index (χ1) is 7.81. The molecular weight excluding hydrogens is 359 g/mol. The first-order valence-corrected chi connectivity index (χ1v) is 7.13. The average Bonchev–Trinajstić information content (AvgIpc) is 2.15. The number of hydrogen-bond donors (Lipinski definition) is 3. The first-order valence-electron chi connectivity index (χ1n) is 4.56. The summed E-state index contributed by atoms with van der Waals surface area (Å²) in [6.45, 7) is 0. The summed E-state index contributed by atoms with van der Waals surface area (Å²) in [5.41, 5.74) is 5.36. The number of carbonyl (C=O) groups is 1. The Morgan fingerprint density at radius 3 is 2.41 bits per heavy atom. The van der Waals surface area contributed by atoms with Crippen LogP contribution >= 0.6 is 22.6 Å². The van der Waals surface area contributed by atoms with E-state index in [1.807, 2.05) is 22.6 Å². The highest BCUT2D eigenvalue weighted by Gasteiger charge is 2.18. The van der Waals surface area contributed by atoms with Crippen LogP contribution < -0.4 is 10.5 Å². The van der Waals surface area contributed by atoms with E-state index in [9.17, 15) is 13.2 Å². The van der Waals surface area contributed by atoms with Crippen LogP contribution in [0.5, 0.6) is 0 Å². The van der Waals surface area contributed by atoms with Crippen molar-refractivity contribution in [1.82, 2.24) is 4.72 Å². The van der Waals surface area contributed by atoms with Gasteiger partial charge in [0.2, 0.25) is 10.0 Å². The lowest BCUT2D eigenvalue weighted by Crippen LogP contribution is -2.42. The van der Waals surface area contributed by atoms with Gasteiger partial charge in [-0.25, -0.2) is 8.42 Å². The fourth-order valence-electron chi connectivity index (χ4n) is 1.11. The van der Waals surface area contributed by atoms with E-state index < -0.39 is 28.6 Å². The van der Waals surface area contributed by atoms with Gasteiger partial charge in [0, 0.05) is 3.57 Å². The highest BCUT2D eigenvalue weighted by molar-refractivity contribution is 14.1. The molecule has 0 heterocycles. The Morgan fingerprint density at radius 2 is 1.94 bits per heavy atom. The van der Waals surface area contributed by atoms with Crippen LogP contribution in [0.25, 0.3) is 0 Å². The molecule has 6 nitrogen and oxygen atoms in total. The molecule has 1 aromatic carbocycles. The molecule has 94 valence electrons. The van der Waals surface area contributed by atoms with E-state index in [0.29, 0.717) is 0 Å². The van der Waals surface area contributed by atoms with Crippen LogP contribution in [0, 0.1) is 3.57 Å². The molecular formula is C9H11IN2O4S. The molecule has 1 atom stereocenters. The Bertz CT molecular complexity index is 500. The minimum absolute atomic E-state index is 0.0544.